The van der Waals surface area contributed by atoms with Gasteiger partial charge in [0.05, 0.1) is 16.8 Å². The van der Waals surface area contributed by atoms with E-state index in [2.05, 4.69) is 4.98 Å². The molecule has 2 rings (SSSR count). The molecule has 2 aromatic rings. The average molecular weight is 326 g/mol. The number of carbonyl (C=O) groups is 1. The quantitative estimate of drug-likeness (QED) is 0.790. The van der Waals surface area contributed by atoms with Crippen molar-refractivity contribution in [1.29, 1.82) is 0 Å². The molecule has 0 saturated carbocycles. The van der Waals surface area contributed by atoms with Crippen LogP contribution < -0.4 is 0 Å². The molecule has 0 aliphatic carbocycles. The smallest absolute Gasteiger partial charge is 0.313 e. The third-order valence-corrected chi connectivity index (χ3v) is 5.30. The van der Waals surface area contributed by atoms with Gasteiger partial charge in [0.1, 0.15) is 0 Å². The number of imidazole rings is 1. The summed E-state index contributed by atoms with van der Waals surface area (Å²) in [4.78, 5) is 15.3. The Kier molecular flexibility index (Phi) is 5.41. The maximum Gasteiger partial charge on any atom is 0.313 e. The molecule has 0 fully saturated rings. The standard InChI is InChI=1S/C14H18N2O3S2/c1-3-21(19)7-6-16-12-8-10(2)4-5-11(12)15-14(16)20-9-13(17)18/h4-5,8H,3,6-7,9H2,1-2H3,(H,17,18). The van der Waals surface area contributed by atoms with E-state index in [1.54, 1.807) is 0 Å². The Morgan fingerprint density at radius 3 is 2.90 bits per heavy atom. The van der Waals surface area contributed by atoms with E-state index in [-0.39, 0.29) is 5.75 Å². The highest BCUT2D eigenvalue weighted by molar-refractivity contribution is 7.99. The van der Waals surface area contributed by atoms with Gasteiger partial charge in [0.15, 0.2) is 5.16 Å². The van der Waals surface area contributed by atoms with Crippen LogP contribution >= 0.6 is 11.8 Å². The van der Waals surface area contributed by atoms with Crippen LogP contribution in [0.25, 0.3) is 11.0 Å². The van der Waals surface area contributed by atoms with Gasteiger partial charge in [-0.3, -0.25) is 9.00 Å². The number of fused-ring (bicyclic) bond motifs is 1. The van der Waals surface area contributed by atoms with Crippen LogP contribution in [0, 0.1) is 6.92 Å². The third-order valence-electron chi connectivity index (χ3n) is 3.06. The molecule has 1 atom stereocenters. The molecule has 114 valence electrons. The molecule has 1 aromatic carbocycles. The highest BCUT2D eigenvalue weighted by Gasteiger charge is 2.13. The number of hydrogen-bond donors (Lipinski definition) is 1. The fourth-order valence-electron chi connectivity index (χ4n) is 2.00. The number of thioether (sulfide) groups is 1. The molecule has 1 unspecified atom stereocenters. The molecule has 21 heavy (non-hydrogen) atoms. The molecule has 0 bridgehead atoms. The van der Waals surface area contributed by atoms with Crippen molar-refractivity contribution in [3.05, 3.63) is 23.8 Å². The molecule has 0 radical (unpaired) electrons. The molecule has 0 spiro atoms. The summed E-state index contributed by atoms with van der Waals surface area (Å²) in [6.07, 6.45) is 0. The van der Waals surface area contributed by atoms with Crippen LogP contribution in [0.15, 0.2) is 23.4 Å². The molecular weight excluding hydrogens is 308 g/mol. The molecular formula is C14H18N2O3S2. The summed E-state index contributed by atoms with van der Waals surface area (Å²) in [5.41, 5.74) is 2.93. The van der Waals surface area contributed by atoms with Gasteiger partial charge in [-0.25, -0.2) is 4.98 Å². The number of aliphatic carboxylic acids is 1. The van der Waals surface area contributed by atoms with Crippen LogP contribution in [0.1, 0.15) is 12.5 Å². The van der Waals surface area contributed by atoms with Gasteiger partial charge in [-0.15, -0.1) is 0 Å². The zero-order valence-corrected chi connectivity index (χ0v) is 13.7. The number of rotatable bonds is 7. The minimum absolute atomic E-state index is 0.0286. The lowest BCUT2D eigenvalue weighted by Crippen LogP contribution is -2.10. The van der Waals surface area contributed by atoms with Crippen LogP contribution in [0.5, 0.6) is 0 Å². The van der Waals surface area contributed by atoms with E-state index in [0.29, 0.717) is 23.2 Å². The second-order valence-corrected chi connectivity index (χ2v) is 7.46. The van der Waals surface area contributed by atoms with Crippen LogP contribution in [0.2, 0.25) is 0 Å². The lowest BCUT2D eigenvalue weighted by molar-refractivity contribution is -0.133. The second-order valence-electron chi connectivity index (χ2n) is 4.65. The predicted molar refractivity (Wildman–Crippen MR) is 86.4 cm³/mol. The summed E-state index contributed by atoms with van der Waals surface area (Å²) in [7, 11) is -0.855. The summed E-state index contributed by atoms with van der Waals surface area (Å²) in [5.74, 6) is 0.283. The van der Waals surface area contributed by atoms with Gasteiger partial charge < -0.3 is 9.67 Å². The molecule has 0 aliphatic heterocycles. The molecule has 5 nitrogen and oxygen atoms in total. The van der Waals surface area contributed by atoms with E-state index in [9.17, 15) is 9.00 Å². The molecule has 1 heterocycles. The first-order chi connectivity index (χ1) is 10.0. The Balaban J connectivity index is 2.35. The Morgan fingerprint density at radius 2 is 2.24 bits per heavy atom. The van der Waals surface area contributed by atoms with Gasteiger partial charge in [0.25, 0.3) is 0 Å². The van der Waals surface area contributed by atoms with Crippen molar-refractivity contribution in [2.45, 2.75) is 25.5 Å². The summed E-state index contributed by atoms with van der Waals surface area (Å²) < 4.78 is 13.6. The van der Waals surface area contributed by atoms with Gasteiger partial charge in [-0.1, -0.05) is 24.8 Å². The third kappa shape index (κ3) is 4.07. The Labute approximate surface area is 130 Å². The van der Waals surface area contributed by atoms with Crippen molar-refractivity contribution in [2.75, 3.05) is 17.3 Å². The first-order valence-electron chi connectivity index (χ1n) is 6.67. The first kappa shape index (κ1) is 16.0. The van der Waals surface area contributed by atoms with Crippen LogP contribution in [-0.2, 0) is 22.1 Å². The van der Waals surface area contributed by atoms with Gasteiger partial charge in [-0.05, 0) is 24.6 Å². The minimum atomic E-state index is -0.869. The Hall–Kier alpha value is -1.34. The van der Waals surface area contributed by atoms with Crippen molar-refractivity contribution in [3.63, 3.8) is 0 Å². The fourth-order valence-corrected chi connectivity index (χ4v) is 3.44. The van der Waals surface area contributed by atoms with E-state index >= 15 is 0 Å². The lowest BCUT2D eigenvalue weighted by atomic mass is 10.2. The SMILES string of the molecule is CCS(=O)CCn1c(SCC(=O)O)nc2ccc(C)cc21. The Morgan fingerprint density at radius 1 is 1.48 bits per heavy atom. The van der Waals surface area contributed by atoms with E-state index in [4.69, 9.17) is 5.11 Å². The average Bonchev–Trinajstić information content (AvgIpc) is 2.79. The van der Waals surface area contributed by atoms with Gasteiger partial charge in [0.2, 0.25) is 0 Å². The highest BCUT2D eigenvalue weighted by atomic mass is 32.2. The normalized spacial score (nSPS) is 12.7. The lowest BCUT2D eigenvalue weighted by Gasteiger charge is -2.08. The zero-order valence-electron chi connectivity index (χ0n) is 12.0. The summed E-state index contributed by atoms with van der Waals surface area (Å²) in [6.45, 7) is 4.49. The van der Waals surface area contributed by atoms with Crippen molar-refractivity contribution >= 4 is 39.6 Å². The van der Waals surface area contributed by atoms with E-state index < -0.39 is 16.8 Å². The predicted octanol–water partition coefficient (Wildman–Crippen LogP) is 2.29. The maximum atomic E-state index is 11.7. The minimum Gasteiger partial charge on any atom is -0.481 e. The summed E-state index contributed by atoms with van der Waals surface area (Å²) in [6, 6.07) is 5.94. The highest BCUT2D eigenvalue weighted by Crippen LogP contribution is 2.25. The molecule has 7 heteroatoms. The fraction of sp³-hybridized carbons (Fsp3) is 0.429. The van der Waals surface area contributed by atoms with Crippen molar-refractivity contribution < 1.29 is 14.1 Å². The van der Waals surface area contributed by atoms with E-state index in [0.717, 1.165) is 16.6 Å². The van der Waals surface area contributed by atoms with Gasteiger partial charge in [-0.2, -0.15) is 0 Å². The van der Waals surface area contributed by atoms with Crippen LogP contribution in [0.3, 0.4) is 0 Å². The van der Waals surface area contributed by atoms with Gasteiger partial charge >= 0.3 is 5.97 Å². The molecule has 1 aromatic heterocycles. The first-order valence-corrected chi connectivity index (χ1v) is 9.15. The topological polar surface area (TPSA) is 72.2 Å². The number of hydrogen-bond acceptors (Lipinski definition) is 4. The number of aromatic nitrogens is 2. The molecule has 0 saturated heterocycles. The number of carboxylic acid groups (broad SMARTS) is 1. The van der Waals surface area contributed by atoms with Crippen molar-refractivity contribution in [3.8, 4) is 0 Å². The number of nitrogens with zero attached hydrogens (tertiary/aromatic N) is 2. The van der Waals surface area contributed by atoms with E-state index in [1.807, 2.05) is 36.6 Å². The molecule has 0 amide bonds. The summed E-state index contributed by atoms with van der Waals surface area (Å²) in [5, 5.41) is 9.51. The van der Waals surface area contributed by atoms with Gasteiger partial charge in [0, 0.05) is 28.9 Å². The largest absolute Gasteiger partial charge is 0.481 e. The second kappa shape index (κ2) is 7.09. The molecule has 1 N–H and O–H groups in total. The zero-order chi connectivity index (χ0) is 15.4. The van der Waals surface area contributed by atoms with Crippen LogP contribution in [0.4, 0.5) is 0 Å². The molecule has 0 aliphatic rings. The van der Waals surface area contributed by atoms with Crippen molar-refractivity contribution in [1.82, 2.24) is 9.55 Å². The monoisotopic (exact) mass is 326 g/mol. The van der Waals surface area contributed by atoms with Crippen LogP contribution in [-0.4, -0.2) is 42.1 Å². The maximum absolute atomic E-state index is 11.7. The number of benzene rings is 1. The summed E-state index contributed by atoms with van der Waals surface area (Å²) >= 11 is 1.20. The number of aryl methyl sites for hydroxylation is 2. The number of carboxylic acids is 1. The van der Waals surface area contributed by atoms with Crippen molar-refractivity contribution in [2.24, 2.45) is 0 Å². The van der Waals surface area contributed by atoms with E-state index in [1.165, 1.54) is 11.8 Å². The Bertz CT molecular complexity index is 682.